The highest BCUT2D eigenvalue weighted by atomic mass is 127. The van der Waals surface area contributed by atoms with Crippen molar-refractivity contribution in [3.05, 3.63) is 53.6 Å². The lowest BCUT2D eigenvalue weighted by Crippen LogP contribution is -2.46. The summed E-state index contributed by atoms with van der Waals surface area (Å²) >= 11 is 0. The zero-order chi connectivity index (χ0) is 19.8. The maximum Gasteiger partial charge on any atom is 0.191 e. The lowest BCUT2D eigenvalue weighted by atomic mass is 9.67. The summed E-state index contributed by atoms with van der Waals surface area (Å²) in [6, 6.07) is 8.66. The highest BCUT2D eigenvalue weighted by molar-refractivity contribution is 14.0. The Balaban J connectivity index is 0.00000300. The molecule has 160 valence electrons. The van der Waals surface area contributed by atoms with Crippen LogP contribution in [0.15, 0.2) is 41.7 Å². The van der Waals surface area contributed by atoms with E-state index in [9.17, 15) is 0 Å². The summed E-state index contributed by atoms with van der Waals surface area (Å²) < 4.78 is 7.45. The predicted octanol–water partition coefficient (Wildman–Crippen LogP) is 3.73. The van der Waals surface area contributed by atoms with Crippen molar-refractivity contribution in [1.29, 1.82) is 0 Å². The van der Waals surface area contributed by atoms with Gasteiger partial charge in [0.05, 0.1) is 0 Å². The van der Waals surface area contributed by atoms with Gasteiger partial charge in [0.2, 0.25) is 0 Å². The van der Waals surface area contributed by atoms with Gasteiger partial charge in [-0.3, -0.25) is 4.99 Å². The second kappa shape index (κ2) is 11.5. The van der Waals surface area contributed by atoms with E-state index < -0.39 is 0 Å². The van der Waals surface area contributed by atoms with Gasteiger partial charge in [0.1, 0.15) is 5.82 Å². The Labute approximate surface area is 191 Å². The first kappa shape index (κ1) is 23.7. The normalized spacial score (nSPS) is 15.3. The van der Waals surface area contributed by atoms with Crippen molar-refractivity contribution in [2.75, 3.05) is 27.3 Å². The second-order valence-electron chi connectivity index (χ2n) is 7.80. The van der Waals surface area contributed by atoms with Gasteiger partial charge in [0.25, 0.3) is 0 Å². The maximum absolute atomic E-state index is 5.29. The number of aliphatic imine (C=N–C) groups is 1. The summed E-state index contributed by atoms with van der Waals surface area (Å²) in [6.07, 6.45) is 8.85. The number of aryl methyl sites for hydroxylation is 1. The number of guanidine groups is 1. The fraction of sp³-hybridized carbons (Fsp3) is 0.545. The molecule has 0 bridgehead atoms. The van der Waals surface area contributed by atoms with E-state index in [1.54, 1.807) is 7.11 Å². The number of aromatic nitrogens is 2. The van der Waals surface area contributed by atoms with Crippen LogP contribution in [0, 0.1) is 12.3 Å². The standard InChI is InChI=1S/C22H33N5O.HI/c1-18-24-11-12-27(18)16-20-7-4-6-19(14-20)15-25-21(23-2)26-17-22(8-5-9-22)10-13-28-3;/h4,6-7,11-12,14H,5,8-10,13,15-17H2,1-3H3,(H2,23,25,26);1H. The van der Waals surface area contributed by atoms with Gasteiger partial charge in [-0.25, -0.2) is 4.98 Å². The van der Waals surface area contributed by atoms with Crippen LogP contribution in [0.3, 0.4) is 0 Å². The molecular formula is C22H34IN5O. The molecule has 0 spiro atoms. The van der Waals surface area contributed by atoms with Crippen molar-refractivity contribution < 1.29 is 4.74 Å². The summed E-state index contributed by atoms with van der Waals surface area (Å²) in [4.78, 5) is 8.69. The number of ether oxygens (including phenoxy) is 1. The van der Waals surface area contributed by atoms with Crippen LogP contribution in [0.5, 0.6) is 0 Å². The van der Waals surface area contributed by atoms with Gasteiger partial charge in [0, 0.05) is 52.8 Å². The van der Waals surface area contributed by atoms with Gasteiger partial charge < -0.3 is 19.9 Å². The van der Waals surface area contributed by atoms with Crippen molar-refractivity contribution in [2.24, 2.45) is 10.4 Å². The molecule has 7 heteroatoms. The molecular weight excluding hydrogens is 477 g/mol. The zero-order valence-electron chi connectivity index (χ0n) is 17.8. The highest BCUT2D eigenvalue weighted by Gasteiger charge is 2.36. The van der Waals surface area contributed by atoms with Crippen LogP contribution in [0.1, 0.15) is 42.6 Å². The minimum absolute atomic E-state index is 0. The van der Waals surface area contributed by atoms with Crippen LogP contribution in [0.4, 0.5) is 0 Å². The molecule has 0 atom stereocenters. The molecule has 0 radical (unpaired) electrons. The first-order valence-electron chi connectivity index (χ1n) is 10.1. The third-order valence-electron chi connectivity index (χ3n) is 5.83. The topological polar surface area (TPSA) is 63.5 Å². The number of hydrogen-bond donors (Lipinski definition) is 2. The third kappa shape index (κ3) is 6.70. The van der Waals surface area contributed by atoms with Crippen LogP contribution in [0.2, 0.25) is 0 Å². The first-order valence-corrected chi connectivity index (χ1v) is 10.1. The maximum atomic E-state index is 5.29. The molecule has 0 saturated heterocycles. The summed E-state index contributed by atoms with van der Waals surface area (Å²) in [5.74, 6) is 1.89. The molecule has 1 aromatic carbocycles. The van der Waals surface area contributed by atoms with E-state index in [1.165, 1.54) is 30.4 Å². The molecule has 1 saturated carbocycles. The molecule has 0 aliphatic heterocycles. The summed E-state index contributed by atoms with van der Waals surface area (Å²) in [6.45, 7) is 5.41. The summed E-state index contributed by atoms with van der Waals surface area (Å²) in [5.41, 5.74) is 2.89. The zero-order valence-corrected chi connectivity index (χ0v) is 20.1. The number of nitrogens with zero attached hydrogens (tertiary/aromatic N) is 3. The van der Waals surface area contributed by atoms with E-state index in [-0.39, 0.29) is 24.0 Å². The highest BCUT2D eigenvalue weighted by Crippen LogP contribution is 2.43. The van der Waals surface area contributed by atoms with Gasteiger partial charge in [-0.1, -0.05) is 30.7 Å². The number of hydrogen-bond acceptors (Lipinski definition) is 3. The number of imidazole rings is 1. The molecule has 1 aromatic heterocycles. The minimum Gasteiger partial charge on any atom is -0.385 e. The van der Waals surface area contributed by atoms with Crippen molar-refractivity contribution >= 4 is 29.9 Å². The van der Waals surface area contributed by atoms with Gasteiger partial charge in [-0.05, 0) is 42.7 Å². The molecule has 3 rings (SSSR count). The summed E-state index contributed by atoms with van der Waals surface area (Å²) in [7, 11) is 3.61. The molecule has 1 heterocycles. The number of benzene rings is 1. The number of rotatable bonds is 9. The fourth-order valence-electron chi connectivity index (χ4n) is 3.79. The minimum atomic E-state index is 0. The van der Waals surface area contributed by atoms with Crippen molar-refractivity contribution in [3.8, 4) is 0 Å². The molecule has 6 nitrogen and oxygen atoms in total. The fourth-order valence-corrected chi connectivity index (χ4v) is 3.79. The smallest absolute Gasteiger partial charge is 0.191 e. The lowest BCUT2D eigenvalue weighted by Gasteiger charge is -2.42. The van der Waals surface area contributed by atoms with E-state index in [2.05, 4.69) is 49.4 Å². The molecule has 0 unspecified atom stereocenters. The van der Waals surface area contributed by atoms with Crippen molar-refractivity contribution in [3.63, 3.8) is 0 Å². The Kier molecular flexibility index (Phi) is 9.42. The monoisotopic (exact) mass is 511 g/mol. The number of nitrogens with one attached hydrogen (secondary N) is 2. The van der Waals surface area contributed by atoms with Crippen molar-refractivity contribution in [1.82, 2.24) is 20.2 Å². The number of methoxy groups -OCH3 is 1. The van der Waals surface area contributed by atoms with Crippen LogP contribution < -0.4 is 10.6 Å². The van der Waals surface area contributed by atoms with Crippen LogP contribution in [-0.4, -0.2) is 42.8 Å². The van der Waals surface area contributed by atoms with E-state index >= 15 is 0 Å². The Morgan fingerprint density at radius 2 is 2.07 bits per heavy atom. The second-order valence-corrected chi connectivity index (χ2v) is 7.80. The quantitative estimate of drug-likeness (QED) is 0.306. The molecule has 2 aromatic rings. The Morgan fingerprint density at radius 1 is 1.28 bits per heavy atom. The summed E-state index contributed by atoms with van der Waals surface area (Å²) in [5, 5.41) is 6.97. The van der Waals surface area contributed by atoms with Crippen LogP contribution in [-0.2, 0) is 17.8 Å². The Hall–Kier alpha value is -1.61. The van der Waals surface area contributed by atoms with Gasteiger partial charge in [-0.2, -0.15) is 0 Å². The van der Waals surface area contributed by atoms with E-state index in [1.807, 2.05) is 26.4 Å². The van der Waals surface area contributed by atoms with Crippen LogP contribution >= 0.6 is 24.0 Å². The number of halogens is 1. The molecule has 1 aliphatic rings. The lowest BCUT2D eigenvalue weighted by molar-refractivity contribution is 0.0732. The van der Waals surface area contributed by atoms with Gasteiger partial charge in [0.15, 0.2) is 5.96 Å². The van der Waals surface area contributed by atoms with E-state index in [0.29, 0.717) is 5.41 Å². The molecule has 2 N–H and O–H groups in total. The largest absolute Gasteiger partial charge is 0.385 e. The predicted molar refractivity (Wildman–Crippen MR) is 129 cm³/mol. The average molecular weight is 511 g/mol. The van der Waals surface area contributed by atoms with E-state index in [4.69, 9.17) is 4.74 Å². The SMILES string of the molecule is CN=C(NCc1cccc(Cn2ccnc2C)c1)NCC1(CCOC)CCC1.I. The molecule has 29 heavy (non-hydrogen) atoms. The third-order valence-corrected chi connectivity index (χ3v) is 5.83. The van der Waals surface area contributed by atoms with Gasteiger partial charge >= 0.3 is 0 Å². The van der Waals surface area contributed by atoms with Crippen LogP contribution in [0.25, 0.3) is 0 Å². The Bertz CT molecular complexity index is 785. The molecule has 1 aliphatic carbocycles. The van der Waals surface area contributed by atoms with E-state index in [0.717, 1.165) is 44.4 Å². The average Bonchev–Trinajstić information content (AvgIpc) is 3.08. The molecule has 1 fully saturated rings. The molecule has 0 amide bonds. The first-order chi connectivity index (χ1) is 13.6. The van der Waals surface area contributed by atoms with Gasteiger partial charge in [-0.15, -0.1) is 24.0 Å². The Morgan fingerprint density at radius 3 is 2.69 bits per heavy atom. The van der Waals surface area contributed by atoms with Crippen molar-refractivity contribution in [2.45, 2.75) is 45.7 Å².